The zero-order chi connectivity index (χ0) is 11.3. The summed E-state index contributed by atoms with van der Waals surface area (Å²) in [4.78, 5) is 15.1. The van der Waals surface area contributed by atoms with E-state index in [9.17, 15) is 4.79 Å². The Hall–Kier alpha value is -1.64. The van der Waals surface area contributed by atoms with Crippen LogP contribution in [0.4, 0.5) is 0 Å². The van der Waals surface area contributed by atoms with Crippen molar-refractivity contribution in [3.63, 3.8) is 0 Å². The van der Waals surface area contributed by atoms with Crippen LogP contribution in [0.1, 0.15) is 26.3 Å². The number of oxime groups is 1. The summed E-state index contributed by atoms with van der Waals surface area (Å²) in [5.41, 5.74) is 0.886. The Morgan fingerprint density at radius 1 is 1.33 bits per heavy atom. The third-order valence-corrected chi connectivity index (χ3v) is 2.07. The van der Waals surface area contributed by atoms with E-state index in [1.807, 2.05) is 44.2 Å². The molecule has 0 radical (unpaired) electrons. The summed E-state index contributed by atoms with van der Waals surface area (Å²) in [5.74, 6) is -0.407. The zero-order valence-corrected chi connectivity index (χ0v) is 9.23. The Morgan fingerprint density at radius 3 is 2.47 bits per heavy atom. The number of carbonyl (C=O) groups excluding carboxylic acids is 1. The van der Waals surface area contributed by atoms with Gasteiger partial charge in [0.05, 0.1) is 6.21 Å². The Bertz CT molecular complexity index is 355. The average Bonchev–Trinajstić information content (AvgIpc) is 2.18. The van der Waals surface area contributed by atoms with Gasteiger partial charge < -0.3 is 4.84 Å². The Kier molecular flexibility index (Phi) is 3.61. The maximum absolute atomic E-state index is 10.5. The molecule has 0 fully saturated rings. The van der Waals surface area contributed by atoms with E-state index in [0.29, 0.717) is 0 Å². The van der Waals surface area contributed by atoms with E-state index in [4.69, 9.17) is 0 Å². The second-order valence-corrected chi connectivity index (χ2v) is 3.91. The number of nitrogens with zero attached hydrogens (tertiary/aromatic N) is 1. The lowest BCUT2D eigenvalue weighted by Gasteiger charge is -2.18. The summed E-state index contributed by atoms with van der Waals surface area (Å²) in [5, 5.41) is 3.64. The fourth-order valence-corrected chi connectivity index (χ4v) is 1.17. The maximum Gasteiger partial charge on any atom is 0.331 e. The lowest BCUT2D eigenvalue weighted by molar-refractivity contribution is -0.140. The molecule has 15 heavy (non-hydrogen) atoms. The molecule has 1 aromatic rings. The molecule has 0 spiro atoms. The molecule has 0 saturated carbocycles. The van der Waals surface area contributed by atoms with Gasteiger partial charge in [0.1, 0.15) is 0 Å². The number of rotatable bonds is 3. The summed E-state index contributed by atoms with van der Waals surface area (Å²) >= 11 is 0. The van der Waals surface area contributed by atoms with Crippen molar-refractivity contribution in [1.82, 2.24) is 0 Å². The van der Waals surface area contributed by atoms with Crippen molar-refractivity contribution in [3.8, 4) is 0 Å². The summed E-state index contributed by atoms with van der Waals surface area (Å²) in [6.07, 6.45) is 1.63. The fourth-order valence-electron chi connectivity index (χ4n) is 1.17. The molecule has 80 valence electrons. The van der Waals surface area contributed by atoms with Crippen LogP contribution in [-0.4, -0.2) is 12.2 Å². The van der Waals surface area contributed by atoms with Crippen LogP contribution in [-0.2, 0) is 15.0 Å². The monoisotopic (exact) mass is 205 g/mol. The van der Waals surface area contributed by atoms with E-state index in [-0.39, 0.29) is 5.41 Å². The minimum absolute atomic E-state index is 0.239. The molecule has 0 saturated heterocycles. The van der Waals surface area contributed by atoms with Crippen LogP contribution < -0.4 is 0 Å². The van der Waals surface area contributed by atoms with Gasteiger partial charge in [0.2, 0.25) is 0 Å². The van der Waals surface area contributed by atoms with Gasteiger partial charge in [-0.3, -0.25) is 0 Å². The van der Waals surface area contributed by atoms with Gasteiger partial charge in [-0.1, -0.05) is 49.3 Å². The molecule has 0 unspecified atom stereocenters. The second kappa shape index (κ2) is 4.73. The lowest BCUT2D eigenvalue weighted by Crippen LogP contribution is -2.19. The van der Waals surface area contributed by atoms with Gasteiger partial charge in [0.25, 0.3) is 0 Å². The number of carbonyl (C=O) groups is 1. The number of hydrogen-bond acceptors (Lipinski definition) is 3. The fraction of sp³-hybridized carbons (Fsp3) is 0.333. The van der Waals surface area contributed by atoms with Crippen molar-refractivity contribution >= 4 is 12.2 Å². The molecule has 0 amide bonds. The highest BCUT2D eigenvalue weighted by molar-refractivity contribution is 5.73. The Balaban J connectivity index is 2.75. The summed E-state index contributed by atoms with van der Waals surface area (Å²) in [6.45, 7) is 5.34. The lowest BCUT2D eigenvalue weighted by atomic mass is 9.86. The molecule has 1 aromatic carbocycles. The van der Waals surface area contributed by atoms with Gasteiger partial charge >= 0.3 is 5.97 Å². The van der Waals surface area contributed by atoms with Crippen LogP contribution in [0.15, 0.2) is 35.5 Å². The van der Waals surface area contributed by atoms with Gasteiger partial charge in [-0.15, -0.1) is 0 Å². The van der Waals surface area contributed by atoms with E-state index < -0.39 is 5.97 Å². The predicted molar refractivity (Wildman–Crippen MR) is 59.7 cm³/mol. The topological polar surface area (TPSA) is 38.7 Å². The van der Waals surface area contributed by atoms with Crippen molar-refractivity contribution < 1.29 is 9.63 Å². The zero-order valence-electron chi connectivity index (χ0n) is 9.23. The largest absolute Gasteiger partial charge is 0.331 e. The van der Waals surface area contributed by atoms with Crippen LogP contribution in [0, 0.1) is 0 Å². The molecule has 0 N–H and O–H groups in total. The smallest absolute Gasteiger partial charge is 0.319 e. The average molecular weight is 205 g/mol. The summed E-state index contributed by atoms with van der Waals surface area (Å²) < 4.78 is 0. The minimum atomic E-state index is -0.407. The van der Waals surface area contributed by atoms with Gasteiger partial charge in [0.15, 0.2) is 0 Å². The molecule has 0 atom stereocenters. The van der Waals surface area contributed by atoms with Crippen molar-refractivity contribution in [3.05, 3.63) is 35.9 Å². The third-order valence-electron chi connectivity index (χ3n) is 2.07. The summed E-state index contributed by atoms with van der Waals surface area (Å²) in [6, 6.07) is 9.93. The highest BCUT2D eigenvalue weighted by Crippen LogP contribution is 2.20. The standard InChI is InChI=1S/C12H15NO2/c1-10(14)15-13-9-12(2,3)11-7-5-4-6-8-11/h4-9H,1-3H3/b13-9-. The molecule has 1 rings (SSSR count). The van der Waals surface area contributed by atoms with Crippen molar-refractivity contribution in [2.45, 2.75) is 26.2 Å². The van der Waals surface area contributed by atoms with Crippen LogP contribution in [0.2, 0.25) is 0 Å². The highest BCUT2D eigenvalue weighted by atomic mass is 16.7. The summed E-state index contributed by atoms with van der Waals surface area (Å²) in [7, 11) is 0. The van der Waals surface area contributed by atoms with E-state index in [2.05, 4.69) is 9.99 Å². The first-order valence-electron chi connectivity index (χ1n) is 4.80. The first-order valence-corrected chi connectivity index (χ1v) is 4.80. The molecular formula is C12H15NO2. The molecule has 0 heterocycles. The van der Waals surface area contributed by atoms with E-state index >= 15 is 0 Å². The van der Waals surface area contributed by atoms with Gasteiger partial charge in [-0.2, -0.15) is 0 Å². The molecule has 0 aliphatic heterocycles. The van der Waals surface area contributed by atoms with E-state index in [1.165, 1.54) is 6.92 Å². The normalized spacial score (nSPS) is 11.7. The quantitative estimate of drug-likeness (QED) is 0.432. The minimum Gasteiger partial charge on any atom is -0.319 e. The molecule has 0 bridgehead atoms. The van der Waals surface area contributed by atoms with Gasteiger partial charge in [-0.05, 0) is 5.56 Å². The van der Waals surface area contributed by atoms with E-state index in [1.54, 1.807) is 6.21 Å². The second-order valence-electron chi connectivity index (χ2n) is 3.91. The number of hydrogen-bond donors (Lipinski definition) is 0. The van der Waals surface area contributed by atoms with Crippen LogP contribution >= 0.6 is 0 Å². The first kappa shape index (κ1) is 11.4. The molecule has 0 aliphatic rings. The molecule has 0 aromatic heterocycles. The predicted octanol–water partition coefficient (Wildman–Crippen LogP) is 2.51. The molecular weight excluding hydrogens is 190 g/mol. The molecule has 3 nitrogen and oxygen atoms in total. The van der Waals surface area contributed by atoms with E-state index in [0.717, 1.165) is 5.56 Å². The first-order chi connectivity index (χ1) is 7.02. The van der Waals surface area contributed by atoms with Crippen LogP contribution in [0.3, 0.4) is 0 Å². The Labute approximate surface area is 89.7 Å². The third kappa shape index (κ3) is 3.54. The van der Waals surface area contributed by atoms with Crippen LogP contribution in [0.5, 0.6) is 0 Å². The maximum atomic E-state index is 10.5. The Morgan fingerprint density at radius 2 is 1.93 bits per heavy atom. The number of benzene rings is 1. The SMILES string of the molecule is CC(=O)O/N=C\C(C)(C)c1ccccc1. The van der Waals surface area contributed by atoms with Gasteiger partial charge in [-0.25, -0.2) is 4.79 Å². The molecule has 3 heteroatoms. The van der Waals surface area contributed by atoms with Crippen LogP contribution in [0.25, 0.3) is 0 Å². The van der Waals surface area contributed by atoms with Crippen molar-refractivity contribution in [2.75, 3.05) is 0 Å². The highest BCUT2D eigenvalue weighted by Gasteiger charge is 2.17. The van der Waals surface area contributed by atoms with Crippen molar-refractivity contribution in [1.29, 1.82) is 0 Å². The van der Waals surface area contributed by atoms with Gasteiger partial charge in [0, 0.05) is 12.3 Å². The van der Waals surface area contributed by atoms with Crippen molar-refractivity contribution in [2.24, 2.45) is 5.16 Å². The molecule has 0 aliphatic carbocycles.